The molecule has 0 aromatic heterocycles. The van der Waals surface area contributed by atoms with Crippen LogP contribution in [0.3, 0.4) is 0 Å². The number of benzene rings is 2. The molecule has 0 amide bonds. The van der Waals surface area contributed by atoms with Crippen LogP contribution in [-0.2, 0) is 27.3 Å². The van der Waals surface area contributed by atoms with Gasteiger partial charge < -0.3 is 5.53 Å². The van der Waals surface area contributed by atoms with E-state index in [-0.39, 0.29) is 0 Å². The molecule has 0 unspecified atom stereocenters. The summed E-state index contributed by atoms with van der Waals surface area (Å²) < 4.78 is 1.55. The van der Waals surface area contributed by atoms with Crippen molar-refractivity contribution in [2.45, 2.75) is 431 Å². The Kier molecular flexibility index (Phi) is 59.1. The van der Waals surface area contributed by atoms with E-state index in [2.05, 4.69) is 102 Å². The first kappa shape index (κ1) is 81.8. The van der Waals surface area contributed by atoms with E-state index in [1.54, 1.807) is 4.70 Å². The Morgan fingerprint density at radius 3 is 0.920 bits per heavy atom. The normalized spacial score (nSPS) is 12.7. The van der Waals surface area contributed by atoms with Crippen molar-refractivity contribution in [2.75, 3.05) is 0 Å². The van der Waals surface area contributed by atoms with Crippen molar-refractivity contribution in [1.82, 2.24) is 0 Å². The number of allylic oxidation sites excluding steroid dienone is 4. The SMILES string of the molecule is CCCCCCCCCCCCCC=CC1=C(c2cccc(CCCC)c2)[N+](=[N-])C(c2cccc(CCCC)c2)=C1CCCCCC.CCCCCCCCCCCCCCCCCCC[CH2][Ni][CH2]CCCCCCCCCCCCCCCCCCC. The predicted molar refractivity (Wildman–Crippen MR) is 394 cm³/mol. The van der Waals surface area contributed by atoms with E-state index < -0.39 is 0 Å². The van der Waals surface area contributed by atoms with E-state index in [1.165, 1.54) is 380 Å². The molecule has 510 valence electrons. The average molecular weight is 1260 g/mol. The van der Waals surface area contributed by atoms with E-state index in [1.807, 2.05) is 14.4 Å². The summed E-state index contributed by atoms with van der Waals surface area (Å²) in [5.41, 5.74) is 21.6. The van der Waals surface area contributed by atoms with Crippen molar-refractivity contribution in [3.8, 4) is 0 Å². The summed E-state index contributed by atoms with van der Waals surface area (Å²) >= 11 is 2.05. The quantitative estimate of drug-likeness (QED) is 0.0358. The third kappa shape index (κ3) is 45.1. The van der Waals surface area contributed by atoms with Gasteiger partial charge in [-0.25, -0.2) is 4.70 Å². The Bertz CT molecular complexity index is 1900. The van der Waals surface area contributed by atoms with Gasteiger partial charge in [0.15, 0.2) is 0 Å². The molecular weight excluding hydrogens is 1110 g/mol. The maximum absolute atomic E-state index is 12.1. The molecule has 0 spiro atoms. The van der Waals surface area contributed by atoms with Gasteiger partial charge in [-0.2, -0.15) is 0 Å². The number of nitrogens with zero attached hydrogens (tertiary/aromatic N) is 2. The minimum absolute atomic E-state index is 0.956. The maximum atomic E-state index is 12.1. The third-order valence-corrected chi connectivity index (χ3v) is 20.4. The minimum Gasteiger partial charge on any atom is -0.0654 e. The standard InChI is InChI=1S/C45H68N2.2C20H41.Ni/c1-5-9-13-15-16-17-18-19-20-21-22-23-25-35-43-42(34-24-14-10-6-2)44(40-32-26-30-38(36-40)28-11-7-3)47(46)45(43)41-33-27-31-39(37-41)29-12-8-4;2*1-3-5-7-9-11-13-15-17-19-20-18-16-14-12-10-8-6-4-2;/h25-27,30-33,35-37H,5-24,28-29,34H2,1-4H3;2*1,3-20H2,2H3;. The predicted octanol–water partition coefficient (Wildman–Crippen LogP) is 30.8. The summed E-state index contributed by atoms with van der Waals surface area (Å²) in [6, 6.07) is 17.9. The first-order chi connectivity index (χ1) is 43.6. The van der Waals surface area contributed by atoms with Crippen molar-refractivity contribution in [3.63, 3.8) is 0 Å². The smallest absolute Gasteiger partial charge is 0.0654 e. The molecule has 0 saturated heterocycles. The summed E-state index contributed by atoms with van der Waals surface area (Å²) in [7, 11) is 0. The molecule has 0 N–H and O–H groups in total. The van der Waals surface area contributed by atoms with Gasteiger partial charge in [0.25, 0.3) is 0 Å². The van der Waals surface area contributed by atoms with Crippen LogP contribution in [0.5, 0.6) is 0 Å². The Labute approximate surface area is 557 Å². The Hall–Kier alpha value is -2.25. The summed E-state index contributed by atoms with van der Waals surface area (Å²) in [5, 5.41) is 2.87. The molecular formula is C85H150N2Ni. The average Bonchev–Trinajstić information content (AvgIpc) is 2.90. The number of unbranched alkanes of at least 4 members (excludes halogenated alkanes) is 50. The van der Waals surface area contributed by atoms with Gasteiger partial charge >= 0.3 is 166 Å². The van der Waals surface area contributed by atoms with Crippen LogP contribution in [0.4, 0.5) is 0 Å². The summed E-state index contributed by atoms with van der Waals surface area (Å²) in [6.07, 6.45) is 86.9. The van der Waals surface area contributed by atoms with E-state index in [9.17, 15) is 5.53 Å². The van der Waals surface area contributed by atoms with Crippen LogP contribution in [0.15, 0.2) is 71.8 Å². The summed E-state index contributed by atoms with van der Waals surface area (Å²) in [6.45, 7) is 13.7. The molecule has 0 radical (unpaired) electrons. The van der Waals surface area contributed by atoms with Crippen LogP contribution in [0.25, 0.3) is 16.9 Å². The van der Waals surface area contributed by atoms with Crippen molar-refractivity contribution in [3.05, 3.63) is 99.6 Å². The molecule has 3 heteroatoms. The molecule has 3 rings (SSSR count). The first-order valence-electron chi connectivity index (χ1n) is 39.8. The number of aryl methyl sites for hydroxylation is 2. The molecule has 0 bridgehead atoms. The van der Waals surface area contributed by atoms with Crippen LogP contribution in [-0.4, -0.2) is 4.70 Å². The van der Waals surface area contributed by atoms with E-state index >= 15 is 0 Å². The third-order valence-electron chi connectivity index (χ3n) is 19.0. The van der Waals surface area contributed by atoms with Gasteiger partial charge in [-0.3, -0.25) is 0 Å². The van der Waals surface area contributed by atoms with Gasteiger partial charge in [-0.05, 0) is 86.8 Å². The molecule has 88 heavy (non-hydrogen) atoms. The van der Waals surface area contributed by atoms with Crippen LogP contribution < -0.4 is 0 Å². The molecule has 2 nitrogen and oxygen atoms in total. The van der Waals surface area contributed by atoms with Gasteiger partial charge in [0.2, 0.25) is 11.4 Å². The molecule has 0 atom stereocenters. The molecule has 0 saturated carbocycles. The van der Waals surface area contributed by atoms with Gasteiger partial charge in [0, 0.05) is 16.7 Å². The van der Waals surface area contributed by atoms with Crippen molar-refractivity contribution >= 4 is 11.4 Å². The van der Waals surface area contributed by atoms with Crippen molar-refractivity contribution < 1.29 is 19.1 Å². The second-order valence-electron chi connectivity index (χ2n) is 27.5. The van der Waals surface area contributed by atoms with E-state index in [0.29, 0.717) is 0 Å². The van der Waals surface area contributed by atoms with E-state index in [0.717, 1.165) is 54.6 Å². The summed E-state index contributed by atoms with van der Waals surface area (Å²) in [5.74, 6) is 0. The zero-order chi connectivity index (χ0) is 63.1. The molecule has 2 aromatic rings. The van der Waals surface area contributed by atoms with Crippen LogP contribution in [0.1, 0.15) is 430 Å². The Balaban J connectivity index is 0.000000607. The topological polar surface area (TPSA) is 25.3 Å². The second-order valence-corrected chi connectivity index (χ2v) is 29.0. The van der Waals surface area contributed by atoms with Crippen molar-refractivity contribution in [1.29, 1.82) is 0 Å². The Morgan fingerprint density at radius 1 is 0.307 bits per heavy atom. The van der Waals surface area contributed by atoms with Crippen LogP contribution >= 0.6 is 0 Å². The minimum atomic E-state index is 0.956. The zero-order valence-corrected chi connectivity index (χ0v) is 61.1. The monoisotopic (exact) mass is 1260 g/mol. The summed E-state index contributed by atoms with van der Waals surface area (Å²) in [4.78, 5) is 0. The Morgan fingerprint density at radius 2 is 0.591 bits per heavy atom. The molecule has 1 heterocycles. The fourth-order valence-corrected chi connectivity index (χ4v) is 14.4. The fraction of sp³-hybridized carbons (Fsp3) is 0.788. The van der Waals surface area contributed by atoms with Gasteiger partial charge in [0.1, 0.15) is 0 Å². The van der Waals surface area contributed by atoms with Gasteiger partial charge in [-0.15, -0.1) is 0 Å². The second kappa shape index (κ2) is 63.5. The van der Waals surface area contributed by atoms with E-state index in [4.69, 9.17) is 0 Å². The first-order valence-corrected chi connectivity index (χ1v) is 41.2. The fourth-order valence-electron chi connectivity index (χ4n) is 13.2. The number of rotatable bonds is 64. The van der Waals surface area contributed by atoms with Crippen LogP contribution in [0, 0.1) is 0 Å². The van der Waals surface area contributed by atoms with Crippen molar-refractivity contribution in [2.24, 2.45) is 0 Å². The number of hydrogen-bond donors (Lipinski definition) is 0. The molecule has 2 aromatic carbocycles. The van der Waals surface area contributed by atoms with Crippen LogP contribution in [0.2, 0.25) is 10.8 Å². The number of hydrogen-bond acceptors (Lipinski definition) is 0. The molecule has 0 fully saturated rings. The molecule has 0 aliphatic carbocycles. The van der Waals surface area contributed by atoms with Gasteiger partial charge in [-0.1, -0.05) is 264 Å². The van der Waals surface area contributed by atoms with Gasteiger partial charge in [0.05, 0.1) is 5.57 Å². The zero-order valence-electron chi connectivity index (χ0n) is 60.1. The molecule has 1 aliphatic rings. The molecule has 1 aliphatic heterocycles.